The molecule has 37 heavy (non-hydrogen) atoms. The van der Waals surface area contributed by atoms with E-state index in [1.54, 1.807) is 24.1 Å². The van der Waals surface area contributed by atoms with Crippen molar-refractivity contribution in [1.29, 1.82) is 0 Å². The fraction of sp³-hybridized carbons (Fsp3) is 0.222. The van der Waals surface area contributed by atoms with Crippen molar-refractivity contribution in [3.05, 3.63) is 98.1 Å². The number of piperidine rings is 1. The molecule has 8 nitrogen and oxygen atoms in total. The van der Waals surface area contributed by atoms with Crippen LogP contribution in [0.15, 0.2) is 65.6 Å². The molecule has 2 aromatic carbocycles. The van der Waals surface area contributed by atoms with Crippen LogP contribution >= 0.6 is 23.2 Å². The van der Waals surface area contributed by atoms with E-state index in [2.05, 4.69) is 15.3 Å². The van der Waals surface area contributed by atoms with Gasteiger partial charge in [0.25, 0.3) is 17.4 Å². The Morgan fingerprint density at radius 1 is 1.00 bits per heavy atom. The second-order valence-corrected chi connectivity index (χ2v) is 9.78. The predicted molar refractivity (Wildman–Crippen MR) is 144 cm³/mol. The van der Waals surface area contributed by atoms with Gasteiger partial charge in [0, 0.05) is 32.0 Å². The van der Waals surface area contributed by atoms with Crippen molar-refractivity contribution >= 4 is 51.7 Å². The Morgan fingerprint density at radius 3 is 2.41 bits per heavy atom. The summed E-state index contributed by atoms with van der Waals surface area (Å²) in [5.41, 5.74) is 2.52. The Morgan fingerprint density at radius 2 is 1.70 bits per heavy atom. The van der Waals surface area contributed by atoms with Crippen LogP contribution in [-0.4, -0.2) is 44.3 Å². The van der Waals surface area contributed by atoms with Gasteiger partial charge in [-0.25, -0.2) is 9.97 Å². The number of nitrogens with one attached hydrogen (secondary N) is 1. The quantitative estimate of drug-likeness (QED) is 0.400. The number of hydrogen-bond acceptors (Lipinski definition) is 5. The molecular formula is C27H23Cl2N5O3. The SMILES string of the molecule is Cn1c(=O)c(C(=O)Nc2ccc(C3CCN(C(=O)c4ncc(Cl)cc4Cl)CC3)cc2)nc2ccccc21. The molecule has 1 saturated heterocycles. The average molecular weight is 536 g/mol. The number of fused-ring (bicyclic) bond motifs is 1. The van der Waals surface area contributed by atoms with Gasteiger partial charge in [0.15, 0.2) is 5.69 Å². The van der Waals surface area contributed by atoms with Crippen molar-refractivity contribution in [2.45, 2.75) is 18.8 Å². The minimum Gasteiger partial charge on any atom is -0.337 e. The second kappa shape index (κ2) is 10.3. The van der Waals surface area contributed by atoms with Gasteiger partial charge in [-0.1, -0.05) is 47.5 Å². The highest BCUT2D eigenvalue weighted by atomic mass is 35.5. The molecule has 3 heterocycles. The highest BCUT2D eigenvalue weighted by Gasteiger charge is 2.26. The van der Waals surface area contributed by atoms with E-state index in [1.807, 2.05) is 36.4 Å². The third-order valence-corrected chi connectivity index (χ3v) is 7.12. The lowest BCUT2D eigenvalue weighted by atomic mass is 9.89. The maximum Gasteiger partial charge on any atom is 0.282 e. The molecular weight excluding hydrogens is 513 g/mol. The number of pyridine rings is 1. The first-order valence-corrected chi connectivity index (χ1v) is 12.5. The number of rotatable bonds is 4. The van der Waals surface area contributed by atoms with Gasteiger partial charge >= 0.3 is 0 Å². The number of halogens is 2. The number of amides is 2. The number of para-hydroxylation sites is 2. The van der Waals surface area contributed by atoms with E-state index in [1.165, 1.54) is 16.8 Å². The Labute approximate surface area is 222 Å². The molecule has 0 bridgehead atoms. The summed E-state index contributed by atoms with van der Waals surface area (Å²) in [6, 6.07) is 16.2. The average Bonchev–Trinajstić information content (AvgIpc) is 2.91. The molecule has 2 amide bonds. The third kappa shape index (κ3) is 5.08. The smallest absolute Gasteiger partial charge is 0.282 e. The van der Waals surface area contributed by atoms with Gasteiger partial charge in [-0.05, 0) is 54.7 Å². The normalized spacial score (nSPS) is 14.1. The van der Waals surface area contributed by atoms with Gasteiger partial charge in [0.05, 0.1) is 21.1 Å². The molecule has 0 atom stereocenters. The molecule has 0 saturated carbocycles. The summed E-state index contributed by atoms with van der Waals surface area (Å²) in [4.78, 5) is 48.5. The minimum atomic E-state index is -0.555. The summed E-state index contributed by atoms with van der Waals surface area (Å²) in [6.45, 7) is 1.17. The Kier molecular flexibility index (Phi) is 6.95. The van der Waals surface area contributed by atoms with Crippen LogP contribution in [0.3, 0.4) is 0 Å². The van der Waals surface area contributed by atoms with E-state index < -0.39 is 11.5 Å². The molecule has 1 aliphatic rings. The predicted octanol–water partition coefficient (Wildman–Crippen LogP) is 4.91. The first kappa shape index (κ1) is 24.9. The minimum absolute atomic E-state index is 0.155. The number of aryl methyl sites for hydroxylation is 1. The molecule has 188 valence electrons. The van der Waals surface area contributed by atoms with Gasteiger partial charge in [0.2, 0.25) is 0 Å². The summed E-state index contributed by atoms with van der Waals surface area (Å²) in [7, 11) is 1.62. The van der Waals surface area contributed by atoms with E-state index in [-0.39, 0.29) is 28.2 Å². The molecule has 0 radical (unpaired) electrons. The third-order valence-electron chi connectivity index (χ3n) is 6.63. The summed E-state index contributed by atoms with van der Waals surface area (Å²) < 4.78 is 1.43. The maximum absolute atomic E-state index is 12.8. The molecule has 4 aromatic rings. The van der Waals surface area contributed by atoms with Crippen LogP contribution in [0, 0.1) is 0 Å². The monoisotopic (exact) mass is 535 g/mol. The summed E-state index contributed by atoms with van der Waals surface area (Å²) in [6.07, 6.45) is 3.00. The van der Waals surface area contributed by atoms with E-state index in [0.717, 1.165) is 18.4 Å². The number of hydrogen-bond donors (Lipinski definition) is 1. The van der Waals surface area contributed by atoms with Gasteiger partial charge in [-0.2, -0.15) is 0 Å². The highest BCUT2D eigenvalue weighted by molar-refractivity contribution is 6.36. The number of anilines is 1. The molecule has 1 aliphatic heterocycles. The van der Waals surface area contributed by atoms with Gasteiger partial charge in [-0.3, -0.25) is 14.4 Å². The van der Waals surface area contributed by atoms with Crippen LogP contribution in [-0.2, 0) is 7.05 Å². The summed E-state index contributed by atoms with van der Waals surface area (Å²) in [5.74, 6) is -0.482. The lowest BCUT2D eigenvalue weighted by Crippen LogP contribution is -2.38. The van der Waals surface area contributed by atoms with Crippen LogP contribution in [0.1, 0.15) is 45.3 Å². The fourth-order valence-corrected chi connectivity index (χ4v) is 5.05. The summed E-state index contributed by atoms with van der Waals surface area (Å²) in [5, 5.41) is 3.40. The number of nitrogens with zero attached hydrogens (tertiary/aromatic N) is 4. The van der Waals surface area contributed by atoms with Crippen molar-refractivity contribution in [2.24, 2.45) is 7.05 Å². The van der Waals surface area contributed by atoms with Gasteiger partial charge < -0.3 is 14.8 Å². The topological polar surface area (TPSA) is 97.2 Å². The van der Waals surface area contributed by atoms with E-state index in [0.29, 0.717) is 34.8 Å². The van der Waals surface area contributed by atoms with Gasteiger partial charge in [-0.15, -0.1) is 0 Å². The largest absolute Gasteiger partial charge is 0.337 e. The number of carbonyl (C=O) groups excluding carboxylic acids is 2. The van der Waals surface area contributed by atoms with Crippen molar-refractivity contribution < 1.29 is 9.59 Å². The second-order valence-electron chi connectivity index (χ2n) is 8.94. The molecule has 1 N–H and O–H groups in total. The fourth-order valence-electron chi connectivity index (χ4n) is 4.59. The lowest BCUT2D eigenvalue weighted by Gasteiger charge is -2.32. The van der Waals surface area contributed by atoms with Crippen LogP contribution in [0.2, 0.25) is 10.0 Å². The molecule has 5 rings (SSSR count). The first-order valence-electron chi connectivity index (χ1n) is 11.8. The van der Waals surface area contributed by atoms with Crippen LogP contribution in [0.25, 0.3) is 11.0 Å². The maximum atomic E-state index is 12.8. The summed E-state index contributed by atoms with van der Waals surface area (Å²) >= 11 is 12.0. The molecule has 0 unspecified atom stereocenters. The van der Waals surface area contributed by atoms with Crippen LogP contribution < -0.4 is 10.9 Å². The van der Waals surface area contributed by atoms with E-state index in [9.17, 15) is 14.4 Å². The Balaban J connectivity index is 1.23. The first-order chi connectivity index (χ1) is 17.8. The molecule has 2 aromatic heterocycles. The van der Waals surface area contributed by atoms with Crippen molar-refractivity contribution in [1.82, 2.24) is 19.4 Å². The zero-order valence-corrected chi connectivity index (χ0v) is 21.5. The van der Waals surface area contributed by atoms with Crippen LogP contribution in [0.4, 0.5) is 5.69 Å². The Hall–Kier alpha value is -3.75. The standard InChI is InChI=1S/C27H23Cl2N5O3/c1-33-22-5-3-2-4-21(22)32-24(26(33)36)25(35)31-19-8-6-16(7-9-19)17-10-12-34(13-11-17)27(37)23-20(29)14-18(28)15-30-23/h2-9,14-15,17H,10-13H2,1H3,(H,31,35). The molecule has 0 aliphatic carbocycles. The number of carbonyl (C=O) groups is 2. The van der Waals surface area contributed by atoms with E-state index in [4.69, 9.17) is 23.2 Å². The lowest BCUT2D eigenvalue weighted by molar-refractivity contribution is 0.0707. The molecule has 0 spiro atoms. The van der Waals surface area contributed by atoms with Crippen molar-refractivity contribution in [3.63, 3.8) is 0 Å². The Bertz CT molecular complexity index is 1560. The zero-order valence-electron chi connectivity index (χ0n) is 19.9. The van der Waals surface area contributed by atoms with E-state index >= 15 is 0 Å². The highest BCUT2D eigenvalue weighted by Crippen LogP contribution is 2.30. The molecule has 10 heteroatoms. The van der Waals surface area contributed by atoms with Gasteiger partial charge in [0.1, 0.15) is 5.69 Å². The molecule has 1 fully saturated rings. The van der Waals surface area contributed by atoms with Crippen molar-refractivity contribution in [3.8, 4) is 0 Å². The number of benzene rings is 2. The zero-order chi connectivity index (χ0) is 26.1. The number of aromatic nitrogens is 3. The van der Waals surface area contributed by atoms with Crippen LogP contribution in [0.5, 0.6) is 0 Å². The van der Waals surface area contributed by atoms with Crippen molar-refractivity contribution in [2.75, 3.05) is 18.4 Å². The number of likely N-dealkylation sites (tertiary alicyclic amines) is 1.